The molecule has 0 radical (unpaired) electrons. The number of imidazole rings is 1. The highest BCUT2D eigenvalue weighted by molar-refractivity contribution is 7.89. The number of nitrogens with one attached hydrogen (secondary N) is 1. The lowest BCUT2D eigenvalue weighted by Crippen LogP contribution is -2.48. The van der Waals surface area contributed by atoms with E-state index in [1.165, 1.54) is 15.0 Å². The van der Waals surface area contributed by atoms with E-state index in [4.69, 9.17) is 9.72 Å². The van der Waals surface area contributed by atoms with E-state index in [1.807, 2.05) is 19.9 Å². The van der Waals surface area contributed by atoms with Gasteiger partial charge in [0.1, 0.15) is 23.4 Å². The first kappa shape index (κ1) is 26.1. The van der Waals surface area contributed by atoms with Gasteiger partial charge in [-0.2, -0.15) is 4.31 Å². The highest BCUT2D eigenvalue weighted by Crippen LogP contribution is 2.33. The second-order valence-corrected chi connectivity index (χ2v) is 11.2. The first-order valence-electron chi connectivity index (χ1n) is 12.8. The molecule has 0 aliphatic carbocycles. The number of piperazine rings is 1. The Morgan fingerprint density at radius 1 is 1.13 bits per heavy atom. The third-order valence-corrected chi connectivity index (χ3v) is 8.51. The van der Waals surface area contributed by atoms with Gasteiger partial charge in [-0.05, 0) is 31.0 Å². The van der Waals surface area contributed by atoms with Crippen molar-refractivity contribution in [1.82, 2.24) is 38.3 Å². The number of fused-ring (bicyclic) bond motifs is 3. The van der Waals surface area contributed by atoms with Crippen molar-refractivity contribution >= 4 is 26.8 Å². The molecule has 0 atom stereocenters. The van der Waals surface area contributed by atoms with E-state index < -0.39 is 10.0 Å². The van der Waals surface area contributed by atoms with E-state index in [0.717, 1.165) is 19.4 Å². The summed E-state index contributed by atoms with van der Waals surface area (Å²) in [4.78, 5) is 23.4. The van der Waals surface area contributed by atoms with Crippen LogP contribution in [0.2, 0.25) is 0 Å². The second-order valence-electron chi connectivity index (χ2n) is 9.24. The molecule has 1 aliphatic heterocycles. The van der Waals surface area contributed by atoms with E-state index in [9.17, 15) is 13.2 Å². The Hall–Kier alpha value is -3.55. The summed E-state index contributed by atoms with van der Waals surface area (Å²) in [7, 11) is -3.75. The van der Waals surface area contributed by atoms with Gasteiger partial charge in [0.05, 0.1) is 17.1 Å². The topological polar surface area (TPSA) is 131 Å². The van der Waals surface area contributed by atoms with E-state index in [1.54, 1.807) is 22.8 Å². The minimum atomic E-state index is -3.75. The van der Waals surface area contributed by atoms with Gasteiger partial charge in [0, 0.05) is 39.3 Å². The molecular weight excluding hydrogens is 508 g/mol. The zero-order valence-corrected chi connectivity index (χ0v) is 22.4. The molecule has 202 valence electrons. The second kappa shape index (κ2) is 10.7. The number of aromatic nitrogens is 6. The largest absolute Gasteiger partial charge is 0.493 e. The Balaban J connectivity index is 1.61. The lowest BCUT2D eigenvalue weighted by atomic mass is 10.2. The van der Waals surface area contributed by atoms with Crippen molar-refractivity contribution in [2.24, 2.45) is 0 Å². The van der Waals surface area contributed by atoms with Gasteiger partial charge >= 0.3 is 5.69 Å². The number of aryl methyl sites for hydroxylation is 1. The number of sulfonamides is 1. The molecule has 5 rings (SSSR count). The van der Waals surface area contributed by atoms with Crippen LogP contribution < -0.4 is 10.4 Å². The first-order chi connectivity index (χ1) is 18.4. The maximum absolute atomic E-state index is 13.6. The molecule has 0 bridgehead atoms. The summed E-state index contributed by atoms with van der Waals surface area (Å²) in [5, 5.41) is 8.01. The van der Waals surface area contributed by atoms with Gasteiger partial charge in [-0.15, -0.1) is 16.8 Å². The molecule has 1 saturated heterocycles. The minimum absolute atomic E-state index is 0.160. The van der Waals surface area contributed by atoms with Crippen LogP contribution in [0, 0.1) is 0 Å². The zero-order valence-electron chi connectivity index (χ0n) is 21.6. The summed E-state index contributed by atoms with van der Waals surface area (Å²) >= 11 is 0. The number of hydrogen-bond donors (Lipinski definition) is 1. The standard InChI is InChI=1S/C25H32N8O4S/c1-4-9-30-11-13-31(14-12-30)38(35,36)18-7-8-20(37-15-6-3)19(16-18)22-27-21-23(28-22)32(10-5-2)25(34)33-17-26-29-24(21)33/h4,7-8,16-17H,1,5-6,9-15H2,2-3H3,(H,27,28). The van der Waals surface area contributed by atoms with Crippen molar-refractivity contribution in [2.45, 2.75) is 38.1 Å². The van der Waals surface area contributed by atoms with Crippen molar-refractivity contribution in [1.29, 1.82) is 0 Å². The molecule has 1 N–H and O–H groups in total. The Kier molecular flexibility index (Phi) is 7.32. The van der Waals surface area contributed by atoms with Crippen molar-refractivity contribution in [3.63, 3.8) is 0 Å². The van der Waals surface area contributed by atoms with Crippen molar-refractivity contribution in [2.75, 3.05) is 39.3 Å². The van der Waals surface area contributed by atoms with Crippen LogP contribution in [0.25, 0.3) is 28.2 Å². The van der Waals surface area contributed by atoms with Gasteiger partial charge < -0.3 is 9.72 Å². The first-order valence-corrected chi connectivity index (χ1v) is 14.3. The molecule has 13 heteroatoms. The van der Waals surface area contributed by atoms with Gasteiger partial charge in [-0.1, -0.05) is 19.9 Å². The van der Waals surface area contributed by atoms with Crippen molar-refractivity contribution < 1.29 is 13.2 Å². The molecule has 0 amide bonds. The quantitative estimate of drug-likeness (QED) is 0.303. The lowest BCUT2D eigenvalue weighted by molar-refractivity contribution is 0.204. The molecule has 12 nitrogen and oxygen atoms in total. The highest BCUT2D eigenvalue weighted by Gasteiger charge is 2.29. The number of rotatable bonds is 10. The fourth-order valence-corrected chi connectivity index (χ4v) is 6.16. The molecule has 38 heavy (non-hydrogen) atoms. The van der Waals surface area contributed by atoms with Crippen LogP contribution in [0.3, 0.4) is 0 Å². The van der Waals surface area contributed by atoms with Crippen LogP contribution in [0.4, 0.5) is 0 Å². The molecule has 3 aromatic heterocycles. The summed E-state index contributed by atoms with van der Waals surface area (Å²) in [6.07, 6.45) is 4.71. The molecule has 0 saturated carbocycles. The zero-order chi connectivity index (χ0) is 26.9. The Morgan fingerprint density at radius 3 is 2.63 bits per heavy atom. The summed E-state index contributed by atoms with van der Waals surface area (Å²) in [6.45, 7) is 11.5. The van der Waals surface area contributed by atoms with E-state index >= 15 is 0 Å². The maximum atomic E-state index is 13.6. The molecule has 0 spiro atoms. The predicted octanol–water partition coefficient (Wildman–Crippen LogP) is 2.13. The SMILES string of the molecule is C=CCN1CCN(S(=O)(=O)c2ccc(OCCC)c(-c3nc4c([nH]3)c3nncn3c(=O)n4CCC)c2)CC1. The number of aromatic amines is 1. The van der Waals surface area contributed by atoms with Gasteiger partial charge in [-0.3, -0.25) is 9.47 Å². The summed E-state index contributed by atoms with van der Waals surface area (Å²) in [6, 6.07) is 4.84. The van der Waals surface area contributed by atoms with Crippen LogP contribution >= 0.6 is 0 Å². The molecule has 4 aromatic rings. The summed E-state index contributed by atoms with van der Waals surface area (Å²) in [5.41, 5.74) is 1.54. The predicted molar refractivity (Wildman–Crippen MR) is 144 cm³/mol. The van der Waals surface area contributed by atoms with Crippen LogP contribution in [0.15, 0.2) is 46.9 Å². The van der Waals surface area contributed by atoms with Crippen LogP contribution in [0.5, 0.6) is 5.75 Å². The number of nitrogens with zero attached hydrogens (tertiary/aromatic N) is 7. The molecule has 0 unspecified atom stereocenters. The lowest BCUT2D eigenvalue weighted by Gasteiger charge is -2.33. The van der Waals surface area contributed by atoms with E-state index in [-0.39, 0.29) is 10.6 Å². The highest BCUT2D eigenvalue weighted by atomic mass is 32.2. The maximum Gasteiger partial charge on any atom is 0.336 e. The normalized spacial score (nSPS) is 15.4. The monoisotopic (exact) mass is 540 g/mol. The number of benzene rings is 1. The summed E-state index contributed by atoms with van der Waals surface area (Å²) in [5.74, 6) is 0.891. The third-order valence-electron chi connectivity index (χ3n) is 6.62. The minimum Gasteiger partial charge on any atom is -0.493 e. The molecule has 1 aliphatic rings. The van der Waals surface area contributed by atoms with Crippen LogP contribution in [0.1, 0.15) is 26.7 Å². The number of ether oxygens (including phenoxy) is 1. The van der Waals surface area contributed by atoms with Crippen LogP contribution in [-0.4, -0.2) is 86.1 Å². The van der Waals surface area contributed by atoms with Gasteiger partial charge in [-0.25, -0.2) is 22.6 Å². The average Bonchev–Trinajstić information content (AvgIpc) is 3.58. The molecular formula is C25H32N8O4S. The number of hydrogen-bond acceptors (Lipinski definition) is 8. The summed E-state index contributed by atoms with van der Waals surface area (Å²) < 4.78 is 37.6. The molecule has 1 fully saturated rings. The molecule has 1 aromatic carbocycles. The van der Waals surface area contributed by atoms with Gasteiger partial charge in [0.25, 0.3) is 0 Å². The smallest absolute Gasteiger partial charge is 0.336 e. The number of H-pyrrole nitrogens is 1. The van der Waals surface area contributed by atoms with Crippen LogP contribution in [-0.2, 0) is 16.6 Å². The molecule has 4 heterocycles. The van der Waals surface area contributed by atoms with Crippen molar-refractivity contribution in [3.8, 4) is 17.1 Å². The fourth-order valence-electron chi connectivity index (χ4n) is 4.71. The average molecular weight is 541 g/mol. The van der Waals surface area contributed by atoms with E-state index in [2.05, 4.69) is 26.7 Å². The third kappa shape index (κ3) is 4.61. The Morgan fingerprint density at radius 2 is 1.92 bits per heavy atom. The fraction of sp³-hybridized carbons (Fsp3) is 0.440. The van der Waals surface area contributed by atoms with Gasteiger partial charge in [0.15, 0.2) is 11.3 Å². The van der Waals surface area contributed by atoms with Gasteiger partial charge in [0.2, 0.25) is 10.0 Å². The Bertz CT molecular complexity index is 1630. The Labute approximate surface area is 220 Å². The van der Waals surface area contributed by atoms with E-state index in [0.29, 0.717) is 73.3 Å². The van der Waals surface area contributed by atoms with Crippen molar-refractivity contribution in [3.05, 3.63) is 47.7 Å².